The number of aromatic amines is 2. The zero-order valence-corrected chi connectivity index (χ0v) is 40.9. The highest BCUT2D eigenvalue weighted by molar-refractivity contribution is 5.99. The Balaban J connectivity index is 0.958. The van der Waals surface area contributed by atoms with Crippen LogP contribution in [-0.2, 0) is 20.5 Å². The number of para-hydroxylation sites is 1. The van der Waals surface area contributed by atoms with Crippen LogP contribution in [0.4, 0.5) is 4.39 Å². The van der Waals surface area contributed by atoms with E-state index >= 15 is 4.39 Å². The first-order valence-electron chi connectivity index (χ1n) is 23.8. The molecule has 0 radical (unpaired) electrons. The molecule has 2 N–H and O–H groups in total. The predicted octanol–water partition coefficient (Wildman–Crippen LogP) is 11.2. The van der Waals surface area contributed by atoms with Crippen molar-refractivity contribution in [2.75, 3.05) is 7.05 Å². The Morgan fingerprint density at radius 2 is 1.28 bits per heavy atom. The van der Waals surface area contributed by atoms with E-state index in [-0.39, 0.29) is 40.2 Å². The quantitative estimate of drug-likeness (QED) is 0.130. The number of pyridine rings is 3. The van der Waals surface area contributed by atoms with Crippen LogP contribution in [-0.4, -0.2) is 40.9 Å². The van der Waals surface area contributed by atoms with E-state index in [1.54, 1.807) is 80.8 Å². The Morgan fingerprint density at radius 1 is 0.639 bits per heavy atom. The van der Waals surface area contributed by atoms with E-state index in [1.165, 1.54) is 20.3 Å². The molecule has 0 atom stereocenters. The van der Waals surface area contributed by atoms with Crippen LogP contribution >= 0.6 is 0 Å². The average Bonchev–Trinajstić information content (AvgIpc) is 3.95. The number of allylic oxidation sites excluding steroid dienone is 1. The first kappa shape index (κ1) is 45.8. The third kappa shape index (κ3) is 7.99. The molecule has 1 aliphatic heterocycles. The first-order chi connectivity index (χ1) is 34.6. The van der Waals surface area contributed by atoms with Crippen molar-refractivity contribution in [2.45, 2.75) is 53.0 Å². The van der Waals surface area contributed by atoms with Crippen LogP contribution in [0, 0.1) is 38.7 Å². The molecule has 72 heavy (non-hydrogen) atoms. The fourth-order valence-corrected chi connectivity index (χ4v) is 9.84. The summed E-state index contributed by atoms with van der Waals surface area (Å²) in [6.45, 7) is 7.80. The molecular formula is C58H51FN7O6-. The van der Waals surface area contributed by atoms with Crippen LogP contribution in [0.1, 0.15) is 57.8 Å². The lowest BCUT2D eigenvalue weighted by Crippen LogP contribution is -2.31. The third-order valence-electron chi connectivity index (χ3n) is 14.0. The van der Waals surface area contributed by atoms with Crippen LogP contribution in [0.3, 0.4) is 0 Å². The van der Waals surface area contributed by atoms with Crippen molar-refractivity contribution in [3.8, 4) is 50.9 Å². The molecule has 0 amide bonds. The molecule has 1 aliphatic carbocycles. The number of hydrogen-bond acceptors (Lipinski definition) is 8. The van der Waals surface area contributed by atoms with Crippen molar-refractivity contribution in [1.82, 2.24) is 33.9 Å². The van der Waals surface area contributed by atoms with Crippen molar-refractivity contribution in [3.63, 3.8) is 0 Å². The average molecular weight is 961 g/mol. The van der Waals surface area contributed by atoms with Gasteiger partial charge < -0.3 is 48.5 Å². The van der Waals surface area contributed by atoms with Gasteiger partial charge in [-0.2, -0.15) is 0 Å². The lowest BCUT2D eigenvalue weighted by Gasteiger charge is -2.39. The zero-order chi connectivity index (χ0) is 50.3. The van der Waals surface area contributed by atoms with E-state index in [9.17, 15) is 19.6 Å². The molecule has 6 heterocycles. The number of halogens is 1. The first-order valence-corrected chi connectivity index (χ1v) is 23.8. The fourth-order valence-electron chi connectivity index (χ4n) is 9.84. The van der Waals surface area contributed by atoms with Gasteiger partial charge in [-0.1, -0.05) is 72.8 Å². The summed E-state index contributed by atoms with van der Waals surface area (Å²) in [4.78, 5) is 47.7. The van der Waals surface area contributed by atoms with Crippen LogP contribution in [0.15, 0.2) is 148 Å². The monoisotopic (exact) mass is 960 g/mol. The summed E-state index contributed by atoms with van der Waals surface area (Å²) < 4.78 is 35.3. The number of nitrogens with one attached hydrogen (secondary N) is 2. The number of aryl methyl sites for hydroxylation is 5. The van der Waals surface area contributed by atoms with Gasteiger partial charge >= 0.3 is 0 Å². The second-order valence-electron chi connectivity index (χ2n) is 19.0. The SMILES string of the molecule is Cc1cccc(C)c1OC1=CN(C)N([O-])C=C1c1cn(C)c(=O)c2[nH]c(-c3cccc(Cc4ccc(C)c(Oc5cn(C6CC6)c(=O)cc5-c5cn(C)c(=O)c6[nH]c(-c7ccccc7)cc56)c4C)c3F)cc12. The summed E-state index contributed by atoms with van der Waals surface area (Å²) in [5.41, 5.74) is 9.18. The summed E-state index contributed by atoms with van der Waals surface area (Å²) in [6.07, 6.45) is 10.2. The van der Waals surface area contributed by atoms with Crippen molar-refractivity contribution >= 4 is 27.4 Å². The highest BCUT2D eigenvalue weighted by atomic mass is 19.1. The minimum Gasteiger partial charge on any atom is -0.739 e. The summed E-state index contributed by atoms with van der Waals surface area (Å²) in [6, 6.07) is 30.1. The molecule has 14 heteroatoms. The van der Waals surface area contributed by atoms with Crippen LogP contribution in [0.2, 0.25) is 0 Å². The highest BCUT2D eigenvalue weighted by Gasteiger charge is 2.28. The maximum absolute atomic E-state index is 17.2. The van der Waals surface area contributed by atoms with Crippen molar-refractivity contribution < 1.29 is 13.9 Å². The molecule has 11 rings (SSSR count). The Kier molecular flexibility index (Phi) is 11.2. The predicted molar refractivity (Wildman–Crippen MR) is 280 cm³/mol. The van der Waals surface area contributed by atoms with Gasteiger partial charge in [-0.3, -0.25) is 14.4 Å². The summed E-state index contributed by atoms with van der Waals surface area (Å²) in [5.74, 6) is 1.61. The van der Waals surface area contributed by atoms with Gasteiger partial charge in [-0.25, -0.2) is 4.39 Å². The third-order valence-corrected chi connectivity index (χ3v) is 14.0. The summed E-state index contributed by atoms with van der Waals surface area (Å²) in [5, 5.41) is 16.4. The molecule has 1 fully saturated rings. The summed E-state index contributed by atoms with van der Waals surface area (Å²) in [7, 11) is 4.94. The number of aromatic nitrogens is 5. The molecular weight excluding hydrogens is 910 g/mol. The molecule has 0 spiro atoms. The zero-order valence-electron chi connectivity index (χ0n) is 40.9. The number of hydrazine groups is 1. The summed E-state index contributed by atoms with van der Waals surface area (Å²) >= 11 is 0. The Hall–Kier alpha value is -8.62. The Morgan fingerprint density at radius 3 is 1.99 bits per heavy atom. The van der Waals surface area contributed by atoms with E-state index in [1.807, 2.05) is 94.4 Å². The lowest BCUT2D eigenvalue weighted by atomic mass is 9.95. The maximum Gasteiger partial charge on any atom is 0.274 e. The van der Waals surface area contributed by atoms with Gasteiger partial charge in [-0.05, 0) is 97.7 Å². The second-order valence-corrected chi connectivity index (χ2v) is 19.0. The number of benzene rings is 4. The normalized spacial score (nSPS) is 13.8. The van der Waals surface area contributed by atoms with Gasteiger partial charge in [0, 0.05) is 108 Å². The van der Waals surface area contributed by atoms with Gasteiger partial charge in [-0.15, -0.1) is 0 Å². The van der Waals surface area contributed by atoms with Gasteiger partial charge in [0.05, 0.1) is 12.4 Å². The number of nitrogens with zero attached hydrogens (tertiary/aromatic N) is 5. The molecule has 4 aromatic carbocycles. The Labute approximate surface area is 413 Å². The molecule has 13 nitrogen and oxygen atoms in total. The number of ether oxygens (including phenoxy) is 2. The second kappa shape index (κ2) is 17.7. The van der Waals surface area contributed by atoms with Crippen molar-refractivity contribution in [3.05, 3.63) is 215 Å². The maximum atomic E-state index is 17.2. The van der Waals surface area contributed by atoms with Gasteiger partial charge in [0.25, 0.3) is 16.7 Å². The van der Waals surface area contributed by atoms with E-state index in [4.69, 9.17) is 9.47 Å². The minimum atomic E-state index is -0.466. The van der Waals surface area contributed by atoms with Crippen LogP contribution < -0.4 is 26.2 Å². The molecule has 362 valence electrons. The van der Waals surface area contributed by atoms with E-state index in [2.05, 4.69) is 9.97 Å². The highest BCUT2D eigenvalue weighted by Crippen LogP contribution is 2.43. The minimum absolute atomic E-state index is 0.0628. The molecule has 1 saturated carbocycles. The van der Waals surface area contributed by atoms with Crippen LogP contribution in [0.25, 0.3) is 61.0 Å². The number of fused-ring (bicyclic) bond motifs is 2. The van der Waals surface area contributed by atoms with E-state index in [0.29, 0.717) is 78.0 Å². The number of rotatable bonds is 11. The molecule has 0 saturated heterocycles. The topological polar surface area (TPSA) is 146 Å². The molecule has 2 aliphatic rings. The van der Waals surface area contributed by atoms with E-state index in [0.717, 1.165) is 51.9 Å². The molecule has 0 bridgehead atoms. The lowest BCUT2D eigenvalue weighted by molar-refractivity contribution is 0.162. The van der Waals surface area contributed by atoms with E-state index < -0.39 is 5.82 Å². The fraction of sp³-hybridized carbons (Fsp3) is 0.190. The molecule has 5 aromatic heterocycles. The van der Waals surface area contributed by atoms with Gasteiger partial charge in [0.2, 0.25) is 0 Å². The van der Waals surface area contributed by atoms with Crippen molar-refractivity contribution in [1.29, 1.82) is 0 Å². The smallest absolute Gasteiger partial charge is 0.274 e. The molecule has 0 unspecified atom stereocenters. The van der Waals surface area contributed by atoms with Crippen LogP contribution in [0.5, 0.6) is 17.2 Å². The number of hydroxylamine groups is 1. The molecule has 9 aromatic rings. The largest absolute Gasteiger partial charge is 0.739 e. The van der Waals surface area contributed by atoms with Gasteiger partial charge in [0.15, 0.2) is 11.5 Å². The van der Waals surface area contributed by atoms with Gasteiger partial charge in [0.1, 0.15) is 28.3 Å². The number of H-pyrrole nitrogens is 2. The standard InChI is InChI=1S/C58H51FN7O6/c1-32-13-11-14-33(2)55(32)71-49-30-64(7)66(70)29-46(49)45-28-63(6)58(69)54-43(45)25-48(61-54)40-18-12-17-38(52(40)59)23-37-20-19-34(3)56(35(37)4)72-50-31-65(39-21-22-39)51(67)26-41(50)44-27-62(5)57(68)53-42(44)24-47(60-53)36-15-9-8-10-16-36/h8-20,24-31,39,60-61H,21-23H2,1-7H3/q-1. The Bertz CT molecular complexity index is 3930. The number of hydrogen-bond donors (Lipinski definition) is 2. The van der Waals surface area contributed by atoms with Crippen molar-refractivity contribution in [2.24, 2.45) is 14.1 Å².